The number of pyridine rings is 1. The summed E-state index contributed by atoms with van der Waals surface area (Å²) in [4.78, 5) is 5.62. The van der Waals surface area contributed by atoms with Gasteiger partial charge in [0.15, 0.2) is 0 Å². The molecule has 4 nitrogen and oxygen atoms in total. The number of aryl methyl sites for hydroxylation is 2. The van der Waals surface area contributed by atoms with E-state index in [9.17, 15) is 0 Å². The van der Waals surface area contributed by atoms with Crippen molar-refractivity contribution in [1.82, 2.24) is 19.6 Å². The highest BCUT2D eigenvalue weighted by Crippen LogP contribution is 2.25. The summed E-state index contributed by atoms with van der Waals surface area (Å²) in [5.74, 6) is 0. The van der Waals surface area contributed by atoms with Crippen molar-refractivity contribution < 1.29 is 0 Å². The molecule has 0 aliphatic rings. The molecule has 1 aromatic carbocycles. The van der Waals surface area contributed by atoms with Gasteiger partial charge in [-0.2, -0.15) is 0 Å². The number of nitrogens with zero attached hydrogens (tertiary/aromatic N) is 4. The number of hydrogen-bond donors (Lipinski definition) is 0. The van der Waals surface area contributed by atoms with Crippen LogP contribution < -0.4 is 0 Å². The largest absolute Gasteiger partial charge is 0.307 e. The molecule has 0 radical (unpaired) electrons. The van der Waals surface area contributed by atoms with Crippen LogP contribution in [-0.4, -0.2) is 25.8 Å². The first-order valence-electron chi connectivity index (χ1n) is 7.70. The van der Waals surface area contributed by atoms with E-state index in [2.05, 4.69) is 51.8 Å². The maximum Gasteiger partial charge on any atom is 0.147 e. The van der Waals surface area contributed by atoms with Crippen LogP contribution in [-0.2, 0) is 12.8 Å². The van der Waals surface area contributed by atoms with Crippen LogP contribution in [0.15, 0.2) is 59.9 Å². The van der Waals surface area contributed by atoms with Crippen LogP contribution in [0.5, 0.6) is 0 Å². The normalized spacial score (nSPS) is 11.2. The lowest BCUT2D eigenvalue weighted by atomic mass is 10.1. The fourth-order valence-corrected chi connectivity index (χ4v) is 3.80. The molecule has 0 spiro atoms. The quantitative estimate of drug-likeness (QED) is 0.501. The molecule has 0 unspecified atom stereocenters. The van der Waals surface area contributed by atoms with Crippen molar-refractivity contribution in [2.75, 3.05) is 6.26 Å². The van der Waals surface area contributed by atoms with Gasteiger partial charge in [-0.1, -0.05) is 23.5 Å². The van der Waals surface area contributed by atoms with Crippen molar-refractivity contribution in [3.8, 4) is 10.6 Å². The third-order valence-electron chi connectivity index (χ3n) is 3.90. The van der Waals surface area contributed by atoms with E-state index >= 15 is 0 Å². The summed E-state index contributed by atoms with van der Waals surface area (Å²) in [6.45, 7) is 0. The second-order valence-electron chi connectivity index (χ2n) is 5.46. The van der Waals surface area contributed by atoms with Gasteiger partial charge in [0.25, 0.3) is 0 Å². The Labute approximate surface area is 148 Å². The Kier molecular flexibility index (Phi) is 4.32. The zero-order valence-electron chi connectivity index (χ0n) is 13.2. The summed E-state index contributed by atoms with van der Waals surface area (Å²) in [6.07, 6.45) is 9.75. The first-order chi connectivity index (χ1) is 11.8. The summed E-state index contributed by atoms with van der Waals surface area (Å²) >= 11 is 3.43. The van der Waals surface area contributed by atoms with E-state index in [4.69, 9.17) is 0 Å². The number of imidazole rings is 1. The average molecular weight is 352 g/mol. The van der Waals surface area contributed by atoms with Gasteiger partial charge in [-0.25, -0.2) is 4.98 Å². The number of hydrogen-bond acceptors (Lipinski definition) is 5. The molecule has 0 amide bonds. The average Bonchev–Trinajstić information content (AvgIpc) is 3.29. The van der Waals surface area contributed by atoms with Crippen LogP contribution in [0.3, 0.4) is 0 Å². The Bertz CT molecular complexity index is 956. The fraction of sp³-hybridized carbons (Fsp3) is 0.167. The van der Waals surface area contributed by atoms with Crippen LogP contribution in [0.1, 0.15) is 10.6 Å². The molecular formula is C18H16N4S2. The monoisotopic (exact) mass is 352 g/mol. The molecule has 24 heavy (non-hydrogen) atoms. The van der Waals surface area contributed by atoms with Crippen molar-refractivity contribution >= 4 is 28.7 Å². The predicted octanol–water partition coefficient (Wildman–Crippen LogP) is 4.36. The van der Waals surface area contributed by atoms with Crippen molar-refractivity contribution in [3.05, 3.63) is 65.6 Å². The van der Waals surface area contributed by atoms with Crippen molar-refractivity contribution in [2.24, 2.45) is 0 Å². The summed E-state index contributed by atoms with van der Waals surface area (Å²) < 4.78 is 1.99. The third-order valence-corrected chi connectivity index (χ3v) is 5.67. The number of rotatable bonds is 5. The van der Waals surface area contributed by atoms with Gasteiger partial charge in [-0.05, 0) is 42.5 Å². The van der Waals surface area contributed by atoms with Crippen LogP contribution in [0.25, 0.3) is 16.2 Å². The van der Waals surface area contributed by atoms with Crippen molar-refractivity contribution in [1.29, 1.82) is 0 Å². The molecule has 4 rings (SSSR count). The SMILES string of the molecule is CSc1ccc(CCc2nnc(-c3ccn4ccnc4c3)s2)cc1. The lowest BCUT2D eigenvalue weighted by molar-refractivity contribution is 0.904. The molecule has 0 bridgehead atoms. The highest BCUT2D eigenvalue weighted by molar-refractivity contribution is 7.98. The lowest BCUT2D eigenvalue weighted by Gasteiger charge is -2.00. The molecule has 3 aromatic heterocycles. The summed E-state index contributed by atoms with van der Waals surface area (Å²) in [7, 11) is 0. The molecule has 4 aromatic rings. The third kappa shape index (κ3) is 3.20. The lowest BCUT2D eigenvalue weighted by Crippen LogP contribution is -1.90. The van der Waals surface area contributed by atoms with Gasteiger partial charge in [0.05, 0.1) is 0 Å². The second kappa shape index (κ2) is 6.75. The van der Waals surface area contributed by atoms with Gasteiger partial charge in [0, 0.05) is 35.5 Å². The first-order valence-corrected chi connectivity index (χ1v) is 9.74. The van der Waals surface area contributed by atoms with Crippen molar-refractivity contribution in [3.63, 3.8) is 0 Å². The van der Waals surface area contributed by atoms with E-state index in [1.165, 1.54) is 10.5 Å². The van der Waals surface area contributed by atoms with Gasteiger partial charge in [-0.15, -0.1) is 22.0 Å². The van der Waals surface area contributed by atoms with Crippen molar-refractivity contribution in [2.45, 2.75) is 17.7 Å². The highest BCUT2D eigenvalue weighted by Gasteiger charge is 2.08. The minimum atomic E-state index is 0.919. The zero-order valence-corrected chi connectivity index (χ0v) is 14.8. The Hall–Kier alpha value is -2.18. The molecular weight excluding hydrogens is 336 g/mol. The zero-order chi connectivity index (χ0) is 16.4. The minimum absolute atomic E-state index is 0.919. The molecule has 6 heteroatoms. The van der Waals surface area contributed by atoms with Crippen LogP contribution in [0.2, 0.25) is 0 Å². The number of thioether (sulfide) groups is 1. The number of benzene rings is 1. The van der Waals surface area contributed by atoms with Gasteiger partial charge >= 0.3 is 0 Å². The van der Waals surface area contributed by atoms with Gasteiger partial charge < -0.3 is 4.40 Å². The van der Waals surface area contributed by atoms with E-state index in [-0.39, 0.29) is 0 Å². The van der Waals surface area contributed by atoms with E-state index < -0.39 is 0 Å². The van der Waals surface area contributed by atoms with Gasteiger partial charge in [-0.3, -0.25) is 0 Å². The standard InChI is InChI=1S/C18H16N4S2/c1-23-15-5-2-13(3-6-15)4-7-17-20-21-18(24-17)14-8-10-22-11-9-19-16(22)12-14/h2-3,5-6,8-12H,4,7H2,1H3. The van der Waals surface area contributed by atoms with Gasteiger partial charge in [0.1, 0.15) is 15.7 Å². The second-order valence-corrected chi connectivity index (χ2v) is 7.40. The smallest absolute Gasteiger partial charge is 0.147 e. The van der Waals surface area contributed by atoms with E-state index in [1.807, 2.05) is 22.9 Å². The Balaban J connectivity index is 1.47. The molecule has 0 N–H and O–H groups in total. The van der Waals surface area contributed by atoms with Crippen LogP contribution in [0, 0.1) is 0 Å². The van der Waals surface area contributed by atoms with Crippen LogP contribution >= 0.6 is 23.1 Å². The van der Waals surface area contributed by atoms with Gasteiger partial charge in [0.2, 0.25) is 0 Å². The molecule has 0 fully saturated rings. The molecule has 0 aliphatic heterocycles. The summed E-state index contributed by atoms with van der Waals surface area (Å²) in [5.41, 5.74) is 3.34. The number of fused-ring (bicyclic) bond motifs is 1. The highest BCUT2D eigenvalue weighted by atomic mass is 32.2. The topological polar surface area (TPSA) is 43.1 Å². The minimum Gasteiger partial charge on any atom is -0.307 e. The maximum atomic E-state index is 4.35. The predicted molar refractivity (Wildman–Crippen MR) is 99.7 cm³/mol. The maximum absolute atomic E-state index is 4.35. The Morgan fingerprint density at radius 2 is 1.92 bits per heavy atom. The van der Waals surface area contributed by atoms with E-state index in [0.29, 0.717) is 0 Å². The molecule has 3 heterocycles. The van der Waals surface area contributed by atoms with E-state index in [0.717, 1.165) is 34.1 Å². The molecule has 0 atom stereocenters. The first kappa shape index (κ1) is 15.4. The summed E-state index contributed by atoms with van der Waals surface area (Å²) in [6, 6.07) is 12.8. The Morgan fingerprint density at radius 3 is 2.75 bits per heavy atom. The molecule has 0 saturated heterocycles. The Morgan fingerprint density at radius 1 is 1.04 bits per heavy atom. The van der Waals surface area contributed by atoms with Crippen LogP contribution in [0.4, 0.5) is 0 Å². The summed E-state index contributed by atoms with van der Waals surface area (Å²) in [5, 5.41) is 10.7. The fourth-order valence-electron chi connectivity index (χ4n) is 2.56. The number of aromatic nitrogens is 4. The van der Waals surface area contributed by atoms with E-state index in [1.54, 1.807) is 29.3 Å². The molecule has 0 aliphatic carbocycles. The molecule has 120 valence electrons. The molecule has 0 saturated carbocycles.